The predicted octanol–water partition coefficient (Wildman–Crippen LogP) is 7.49. The average Bonchev–Trinajstić information content (AvgIpc) is 3.30. The van der Waals surface area contributed by atoms with Gasteiger partial charge in [0.15, 0.2) is 6.61 Å². The van der Waals surface area contributed by atoms with Gasteiger partial charge in [0.05, 0.1) is 0 Å². The van der Waals surface area contributed by atoms with Gasteiger partial charge >= 0.3 is 5.97 Å². The maximum atomic E-state index is 12.8. The first kappa shape index (κ1) is 23.5. The van der Waals surface area contributed by atoms with Crippen molar-refractivity contribution in [1.82, 2.24) is 0 Å². The van der Waals surface area contributed by atoms with E-state index in [1.807, 2.05) is 13.0 Å². The van der Waals surface area contributed by atoms with Crippen LogP contribution in [0.3, 0.4) is 0 Å². The van der Waals surface area contributed by atoms with Crippen molar-refractivity contribution < 1.29 is 14.3 Å². The minimum atomic E-state index is -0.590. The third-order valence-electron chi connectivity index (χ3n) is 6.81. The van der Waals surface area contributed by atoms with Crippen LogP contribution in [0.4, 0.5) is 0 Å². The van der Waals surface area contributed by atoms with Gasteiger partial charge < -0.3 is 9.47 Å². The van der Waals surface area contributed by atoms with Gasteiger partial charge in [0, 0.05) is 8.47 Å². The molecule has 2 aliphatic rings. The Morgan fingerprint density at radius 3 is 2.56 bits per heavy atom. The van der Waals surface area contributed by atoms with Gasteiger partial charge in [-0.1, -0.05) is 30.3 Å². The fraction of sp³-hybridized carbons (Fsp3) is 0.276. The number of rotatable bonds is 5. The second kappa shape index (κ2) is 9.08. The van der Waals surface area contributed by atoms with E-state index in [1.165, 1.54) is 29.4 Å². The highest BCUT2D eigenvalue weighted by Crippen LogP contribution is 2.57. The Hall–Kier alpha value is -2.25. The van der Waals surface area contributed by atoms with Gasteiger partial charge in [-0.05, 0) is 131 Å². The highest BCUT2D eigenvalue weighted by Gasteiger charge is 2.38. The van der Waals surface area contributed by atoms with Crippen molar-refractivity contribution in [3.8, 4) is 5.75 Å². The molecule has 1 aliphatic heterocycles. The van der Waals surface area contributed by atoms with Crippen LogP contribution >= 0.6 is 33.5 Å². The summed E-state index contributed by atoms with van der Waals surface area (Å²) in [5, 5.41) is 0. The molecular formula is C29H29IO3S. The molecule has 5 heteroatoms. The first-order valence-electron chi connectivity index (χ1n) is 11.6. The van der Waals surface area contributed by atoms with Crippen LogP contribution in [-0.2, 0) is 21.6 Å². The molecule has 0 spiro atoms. The highest BCUT2D eigenvalue weighted by molar-refractivity contribution is 14.1. The SMILES string of the molecule is CC1=Cc2ccccc2[SH]1c1cc(C)c(OCC(=O)OC2(C)CCc3c(I)cccc32)c(C)c1. The third kappa shape index (κ3) is 4.17. The molecule has 0 aromatic heterocycles. The van der Waals surface area contributed by atoms with E-state index in [0.29, 0.717) is 0 Å². The number of allylic oxidation sites excluding steroid dienone is 1. The topological polar surface area (TPSA) is 35.5 Å². The molecular weight excluding hydrogens is 555 g/mol. The molecule has 34 heavy (non-hydrogen) atoms. The second-order valence-corrected chi connectivity index (χ2v) is 12.9. The van der Waals surface area contributed by atoms with Crippen molar-refractivity contribution >= 4 is 45.5 Å². The van der Waals surface area contributed by atoms with Crippen molar-refractivity contribution in [2.24, 2.45) is 0 Å². The van der Waals surface area contributed by atoms with Crippen molar-refractivity contribution in [3.63, 3.8) is 0 Å². The molecule has 3 aromatic carbocycles. The Morgan fingerprint density at radius 1 is 1.06 bits per heavy atom. The van der Waals surface area contributed by atoms with Gasteiger partial charge in [-0.25, -0.2) is 4.79 Å². The van der Waals surface area contributed by atoms with Crippen LogP contribution in [-0.4, -0.2) is 12.6 Å². The molecule has 2 unspecified atom stereocenters. The van der Waals surface area contributed by atoms with E-state index in [0.717, 1.165) is 35.3 Å². The summed E-state index contributed by atoms with van der Waals surface area (Å²) in [6.07, 6.45) is 4.03. The molecule has 3 nitrogen and oxygen atoms in total. The highest BCUT2D eigenvalue weighted by atomic mass is 127. The van der Waals surface area contributed by atoms with Gasteiger partial charge in [-0.15, -0.1) is 0 Å². The zero-order valence-electron chi connectivity index (χ0n) is 19.9. The summed E-state index contributed by atoms with van der Waals surface area (Å²) in [7, 11) is -0.514. The molecule has 1 aliphatic carbocycles. The molecule has 0 saturated carbocycles. The molecule has 1 heterocycles. The second-order valence-electron chi connectivity index (χ2n) is 9.35. The number of hydrogen-bond donors (Lipinski definition) is 1. The van der Waals surface area contributed by atoms with Crippen LogP contribution in [0.5, 0.6) is 5.75 Å². The van der Waals surface area contributed by atoms with Crippen LogP contribution in [0.2, 0.25) is 0 Å². The zero-order chi connectivity index (χ0) is 24.0. The van der Waals surface area contributed by atoms with Gasteiger partial charge in [-0.2, -0.15) is 10.9 Å². The van der Waals surface area contributed by atoms with E-state index in [1.54, 1.807) is 0 Å². The van der Waals surface area contributed by atoms with Crippen LogP contribution in [0, 0.1) is 17.4 Å². The summed E-state index contributed by atoms with van der Waals surface area (Å²) in [5.41, 5.74) is 5.24. The number of fused-ring (bicyclic) bond motifs is 2. The lowest BCUT2D eigenvalue weighted by molar-refractivity contribution is -0.161. The smallest absolute Gasteiger partial charge is 0.345 e. The fourth-order valence-corrected chi connectivity index (χ4v) is 8.62. The standard InChI is InChI=1S/C29H29IO3S/c1-18-14-22(34-20(3)16-21-8-5-6-11-26(21)34)15-19(2)28(18)32-17-27(31)33-29(4)13-12-23-24(29)9-7-10-25(23)30/h5-11,14-16,34H,12-13,17H2,1-4H3. The van der Waals surface area contributed by atoms with Gasteiger partial charge in [-0.3, -0.25) is 0 Å². The van der Waals surface area contributed by atoms with E-state index in [-0.39, 0.29) is 12.6 Å². The summed E-state index contributed by atoms with van der Waals surface area (Å²) in [6.45, 7) is 8.26. The molecule has 176 valence electrons. The summed E-state index contributed by atoms with van der Waals surface area (Å²) in [4.78, 5) is 16.9. The lowest BCUT2D eigenvalue weighted by Crippen LogP contribution is -2.29. The molecule has 3 aromatic rings. The largest absolute Gasteiger partial charge is 0.481 e. The summed E-state index contributed by atoms with van der Waals surface area (Å²) in [5.74, 6) is 0.446. The Bertz CT molecular complexity index is 1310. The minimum Gasteiger partial charge on any atom is -0.481 e. The van der Waals surface area contributed by atoms with Crippen molar-refractivity contribution in [2.45, 2.75) is 55.9 Å². The molecule has 0 amide bonds. The lowest BCUT2D eigenvalue weighted by atomic mass is 9.98. The number of halogens is 1. The van der Waals surface area contributed by atoms with E-state index in [9.17, 15) is 4.79 Å². The number of carbonyl (C=O) groups is 1. The molecule has 2 atom stereocenters. The first-order chi connectivity index (χ1) is 16.3. The lowest BCUT2D eigenvalue weighted by Gasteiger charge is -2.26. The van der Waals surface area contributed by atoms with E-state index >= 15 is 0 Å². The van der Waals surface area contributed by atoms with Crippen LogP contribution < -0.4 is 4.74 Å². The van der Waals surface area contributed by atoms with Crippen LogP contribution in [0.25, 0.3) is 6.08 Å². The number of benzene rings is 3. The minimum absolute atomic E-state index is 0.0909. The Kier molecular flexibility index (Phi) is 6.27. The summed E-state index contributed by atoms with van der Waals surface area (Å²) in [6, 6.07) is 19.3. The maximum Gasteiger partial charge on any atom is 0.345 e. The molecule has 5 rings (SSSR count). The molecule has 0 fully saturated rings. The Labute approximate surface area is 218 Å². The van der Waals surface area contributed by atoms with E-state index in [4.69, 9.17) is 9.47 Å². The number of esters is 1. The van der Waals surface area contributed by atoms with Crippen molar-refractivity contribution in [1.29, 1.82) is 0 Å². The van der Waals surface area contributed by atoms with Gasteiger partial charge in [0.1, 0.15) is 11.4 Å². The average molecular weight is 585 g/mol. The number of hydrogen-bond acceptors (Lipinski definition) is 3. The quantitative estimate of drug-likeness (QED) is 0.192. The third-order valence-corrected chi connectivity index (χ3v) is 10.3. The monoisotopic (exact) mass is 584 g/mol. The fourth-order valence-electron chi connectivity index (χ4n) is 5.24. The Balaban J connectivity index is 1.31. The van der Waals surface area contributed by atoms with Crippen molar-refractivity contribution in [2.75, 3.05) is 6.61 Å². The molecule has 0 saturated heterocycles. The van der Waals surface area contributed by atoms with Gasteiger partial charge in [0.2, 0.25) is 0 Å². The number of aryl methyl sites for hydroxylation is 2. The molecule has 0 radical (unpaired) electrons. The molecule has 0 N–H and O–H groups in total. The zero-order valence-corrected chi connectivity index (χ0v) is 23.0. The maximum absolute atomic E-state index is 12.8. The molecule has 0 bridgehead atoms. The number of carbonyl (C=O) groups excluding carboxylic acids is 1. The van der Waals surface area contributed by atoms with Crippen LogP contribution in [0.15, 0.2) is 69.3 Å². The summed E-state index contributed by atoms with van der Waals surface area (Å²) < 4.78 is 13.2. The van der Waals surface area contributed by atoms with E-state index < -0.39 is 16.5 Å². The number of thiol groups is 1. The number of ether oxygens (including phenoxy) is 2. The van der Waals surface area contributed by atoms with Gasteiger partial charge in [0.25, 0.3) is 0 Å². The summed E-state index contributed by atoms with van der Waals surface area (Å²) >= 11 is 2.36. The first-order valence-corrected chi connectivity index (χ1v) is 14.0. The van der Waals surface area contributed by atoms with Crippen molar-refractivity contribution in [3.05, 3.63) is 90.9 Å². The van der Waals surface area contributed by atoms with E-state index in [2.05, 4.69) is 98.0 Å². The normalized spacial score (nSPS) is 21.6. The van der Waals surface area contributed by atoms with Crippen LogP contribution in [0.1, 0.15) is 48.1 Å². The Morgan fingerprint density at radius 2 is 1.79 bits per heavy atom. The predicted molar refractivity (Wildman–Crippen MR) is 148 cm³/mol.